The van der Waals surface area contributed by atoms with Gasteiger partial charge in [-0.25, -0.2) is 4.98 Å². The van der Waals surface area contributed by atoms with Crippen molar-refractivity contribution in [3.05, 3.63) is 26.9 Å². The average molecular weight is 314 g/mol. The summed E-state index contributed by atoms with van der Waals surface area (Å²) in [6, 6.07) is 1.48. The zero-order valence-corrected chi connectivity index (χ0v) is 12.0. The van der Waals surface area contributed by atoms with E-state index < -0.39 is 4.92 Å². The van der Waals surface area contributed by atoms with Gasteiger partial charge in [0.25, 0.3) is 5.69 Å². The molecule has 0 bridgehead atoms. The Labute approximate surface area is 114 Å². The second kappa shape index (κ2) is 4.84. The van der Waals surface area contributed by atoms with Crippen LogP contribution in [0.1, 0.15) is 26.7 Å². The summed E-state index contributed by atoms with van der Waals surface area (Å²) in [4.78, 5) is 14.2. The van der Waals surface area contributed by atoms with Crippen LogP contribution in [0.4, 0.5) is 11.5 Å². The summed E-state index contributed by atoms with van der Waals surface area (Å²) in [7, 11) is 0. The Hall–Kier alpha value is -1.17. The van der Waals surface area contributed by atoms with Crippen LogP contribution < -0.4 is 5.32 Å². The van der Waals surface area contributed by atoms with Gasteiger partial charge in [-0.1, -0.05) is 13.8 Å². The maximum atomic E-state index is 10.6. The molecule has 1 aliphatic rings. The molecule has 5 nitrogen and oxygen atoms in total. The number of pyridine rings is 1. The van der Waals surface area contributed by atoms with E-state index in [1.54, 1.807) is 0 Å². The first-order valence-corrected chi connectivity index (χ1v) is 6.78. The normalized spacial score (nSPS) is 16.7. The van der Waals surface area contributed by atoms with Gasteiger partial charge in [-0.2, -0.15) is 0 Å². The summed E-state index contributed by atoms with van der Waals surface area (Å²) in [5.74, 6) is 1.31. The molecule has 0 saturated heterocycles. The van der Waals surface area contributed by atoms with E-state index in [0.717, 1.165) is 6.54 Å². The maximum absolute atomic E-state index is 10.6. The van der Waals surface area contributed by atoms with Gasteiger partial charge in [-0.3, -0.25) is 10.1 Å². The van der Waals surface area contributed by atoms with E-state index in [1.165, 1.54) is 25.1 Å². The Morgan fingerprint density at radius 1 is 1.61 bits per heavy atom. The fraction of sp³-hybridized carbons (Fsp3) is 0.583. The number of nitro groups is 1. The Morgan fingerprint density at radius 3 is 2.72 bits per heavy atom. The van der Waals surface area contributed by atoms with Crippen molar-refractivity contribution < 1.29 is 4.92 Å². The molecule has 0 spiro atoms. The van der Waals surface area contributed by atoms with Gasteiger partial charge in [-0.15, -0.1) is 0 Å². The molecule has 1 fully saturated rings. The molecule has 98 valence electrons. The quantitative estimate of drug-likeness (QED) is 0.666. The number of nitrogens with one attached hydrogen (secondary N) is 1. The SMILES string of the molecule is CC(C)C1(CNc2ncc([N+](=O)[O-])cc2Br)CC1. The van der Waals surface area contributed by atoms with E-state index in [0.29, 0.717) is 21.6 Å². The van der Waals surface area contributed by atoms with Gasteiger partial charge in [0.05, 0.1) is 9.40 Å². The first-order valence-electron chi connectivity index (χ1n) is 5.98. The lowest BCUT2D eigenvalue weighted by Gasteiger charge is -2.20. The van der Waals surface area contributed by atoms with E-state index in [4.69, 9.17) is 0 Å². The fourth-order valence-electron chi connectivity index (χ4n) is 2.04. The molecular formula is C12H16BrN3O2. The Morgan fingerprint density at radius 2 is 2.28 bits per heavy atom. The highest BCUT2D eigenvalue weighted by Crippen LogP contribution is 2.51. The minimum atomic E-state index is -0.446. The number of halogens is 1. The summed E-state index contributed by atoms with van der Waals surface area (Å²) < 4.78 is 0.635. The zero-order valence-electron chi connectivity index (χ0n) is 10.4. The molecule has 2 rings (SSSR count). The van der Waals surface area contributed by atoms with Gasteiger partial charge in [0.1, 0.15) is 12.0 Å². The molecule has 6 heteroatoms. The highest BCUT2D eigenvalue weighted by molar-refractivity contribution is 9.10. The van der Waals surface area contributed by atoms with E-state index in [2.05, 4.69) is 40.1 Å². The van der Waals surface area contributed by atoms with Crippen molar-refractivity contribution in [2.45, 2.75) is 26.7 Å². The molecule has 0 aromatic carbocycles. The summed E-state index contributed by atoms with van der Waals surface area (Å²) in [5.41, 5.74) is 0.375. The molecule has 0 atom stereocenters. The highest BCUT2D eigenvalue weighted by Gasteiger charge is 2.45. The summed E-state index contributed by atoms with van der Waals surface area (Å²) in [6.45, 7) is 5.33. The van der Waals surface area contributed by atoms with Crippen LogP contribution in [0.25, 0.3) is 0 Å². The summed E-state index contributed by atoms with van der Waals surface area (Å²) in [6.07, 6.45) is 3.76. The number of aromatic nitrogens is 1. The number of anilines is 1. The van der Waals surface area contributed by atoms with E-state index in [9.17, 15) is 10.1 Å². The van der Waals surface area contributed by atoms with Crippen LogP contribution in [0.15, 0.2) is 16.7 Å². The van der Waals surface area contributed by atoms with E-state index >= 15 is 0 Å². The number of nitrogens with zero attached hydrogens (tertiary/aromatic N) is 2. The molecule has 1 aliphatic carbocycles. The van der Waals surface area contributed by atoms with Crippen LogP contribution >= 0.6 is 15.9 Å². The van der Waals surface area contributed by atoms with Gasteiger partial charge in [0.2, 0.25) is 0 Å². The van der Waals surface area contributed by atoms with E-state index in [1.807, 2.05) is 0 Å². The molecule has 1 aromatic heterocycles. The first-order chi connectivity index (χ1) is 8.44. The average Bonchev–Trinajstić information content (AvgIpc) is 3.08. The predicted octanol–water partition coefficient (Wildman–Crippen LogP) is 3.60. The second-order valence-corrected chi connectivity index (χ2v) is 6.01. The number of rotatable bonds is 5. The standard InChI is InChI=1S/C12H16BrN3O2/c1-8(2)12(3-4-12)7-15-11-10(13)5-9(6-14-11)16(17)18/h5-6,8H,3-4,7H2,1-2H3,(H,14,15). The largest absolute Gasteiger partial charge is 0.369 e. The fourth-order valence-corrected chi connectivity index (χ4v) is 2.51. The van der Waals surface area contributed by atoms with Crippen LogP contribution in [-0.2, 0) is 0 Å². The lowest BCUT2D eigenvalue weighted by Crippen LogP contribution is -2.21. The van der Waals surface area contributed by atoms with Gasteiger partial charge in [-0.05, 0) is 40.1 Å². The van der Waals surface area contributed by atoms with Crippen LogP contribution in [0.5, 0.6) is 0 Å². The third-order valence-electron chi connectivity index (χ3n) is 3.76. The zero-order chi connectivity index (χ0) is 13.3. The molecule has 0 radical (unpaired) electrons. The lowest BCUT2D eigenvalue weighted by molar-refractivity contribution is -0.385. The summed E-state index contributed by atoms with van der Waals surface area (Å²) >= 11 is 3.31. The van der Waals surface area contributed by atoms with Gasteiger partial charge >= 0.3 is 0 Å². The van der Waals surface area contributed by atoms with Crippen molar-refractivity contribution in [2.24, 2.45) is 11.3 Å². The molecule has 1 N–H and O–H groups in total. The van der Waals surface area contributed by atoms with Crippen molar-refractivity contribution in [3.63, 3.8) is 0 Å². The lowest BCUT2D eigenvalue weighted by atomic mass is 9.92. The second-order valence-electron chi connectivity index (χ2n) is 5.15. The Kier molecular flexibility index (Phi) is 3.56. The molecule has 1 heterocycles. The maximum Gasteiger partial charge on any atom is 0.288 e. The molecule has 0 aliphatic heterocycles. The van der Waals surface area contributed by atoms with Crippen molar-refractivity contribution in [2.75, 3.05) is 11.9 Å². The van der Waals surface area contributed by atoms with Crippen molar-refractivity contribution in [3.8, 4) is 0 Å². The van der Waals surface area contributed by atoms with Crippen molar-refractivity contribution in [1.29, 1.82) is 0 Å². The highest BCUT2D eigenvalue weighted by atomic mass is 79.9. The monoisotopic (exact) mass is 313 g/mol. The van der Waals surface area contributed by atoms with Crippen LogP contribution in [0.3, 0.4) is 0 Å². The third kappa shape index (κ3) is 2.63. The molecular weight excluding hydrogens is 298 g/mol. The molecule has 0 unspecified atom stereocenters. The van der Waals surface area contributed by atoms with Crippen molar-refractivity contribution >= 4 is 27.4 Å². The Balaban J connectivity index is 2.04. The van der Waals surface area contributed by atoms with Crippen LogP contribution in [0.2, 0.25) is 0 Å². The number of hydrogen-bond acceptors (Lipinski definition) is 4. The van der Waals surface area contributed by atoms with Crippen molar-refractivity contribution in [1.82, 2.24) is 4.98 Å². The van der Waals surface area contributed by atoms with Gasteiger partial charge < -0.3 is 5.32 Å². The van der Waals surface area contributed by atoms with E-state index in [-0.39, 0.29) is 5.69 Å². The topological polar surface area (TPSA) is 68.1 Å². The summed E-state index contributed by atoms with van der Waals surface area (Å²) in [5, 5.41) is 13.9. The smallest absolute Gasteiger partial charge is 0.288 e. The van der Waals surface area contributed by atoms with Crippen LogP contribution in [-0.4, -0.2) is 16.5 Å². The molecule has 0 amide bonds. The first kappa shape index (κ1) is 13.3. The molecule has 1 saturated carbocycles. The minimum Gasteiger partial charge on any atom is -0.369 e. The Bertz CT molecular complexity index is 472. The predicted molar refractivity (Wildman–Crippen MR) is 73.6 cm³/mol. The third-order valence-corrected chi connectivity index (χ3v) is 4.37. The van der Waals surface area contributed by atoms with Gasteiger partial charge in [0, 0.05) is 12.6 Å². The van der Waals surface area contributed by atoms with Gasteiger partial charge in [0.15, 0.2) is 0 Å². The molecule has 1 aromatic rings. The number of hydrogen-bond donors (Lipinski definition) is 1. The minimum absolute atomic E-state index is 0.00239. The molecule has 18 heavy (non-hydrogen) atoms. The van der Waals surface area contributed by atoms with Crippen LogP contribution in [0, 0.1) is 21.4 Å².